The van der Waals surface area contributed by atoms with Gasteiger partial charge < -0.3 is 19.7 Å². The SMILES string of the molecule is Cn1ccnc1Sc1ccc(Cl)cc1NC(=O)C1CCN(C(=O)N2CCCC2)CC1. The zero-order chi connectivity index (χ0) is 21.1. The lowest BCUT2D eigenvalue weighted by Gasteiger charge is -2.34. The molecule has 2 fully saturated rings. The van der Waals surface area contributed by atoms with E-state index in [1.807, 2.05) is 39.7 Å². The van der Waals surface area contributed by atoms with Gasteiger partial charge in [-0.3, -0.25) is 4.79 Å². The van der Waals surface area contributed by atoms with Crippen LogP contribution >= 0.6 is 23.4 Å². The number of carbonyl (C=O) groups excluding carboxylic acids is 2. The number of aryl methyl sites for hydroxylation is 1. The summed E-state index contributed by atoms with van der Waals surface area (Å²) in [6, 6.07) is 5.60. The molecule has 9 heteroatoms. The summed E-state index contributed by atoms with van der Waals surface area (Å²) in [5.74, 6) is -0.134. The van der Waals surface area contributed by atoms with Crippen LogP contribution in [-0.4, -0.2) is 57.5 Å². The summed E-state index contributed by atoms with van der Waals surface area (Å²) in [4.78, 5) is 34.5. The topological polar surface area (TPSA) is 70.5 Å². The van der Waals surface area contributed by atoms with Crippen molar-refractivity contribution >= 4 is 41.0 Å². The number of rotatable bonds is 4. The van der Waals surface area contributed by atoms with Crippen LogP contribution in [0.3, 0.4) is 0 Å². The predicted molar refractivity (Wildman–Crippen MR) is 118 cm³/mol. The molecule has 0 radical (unpaired) electrons. The van der Waals surface area contributed by atoms with E-state index in [4.69, 9.17) is 11.6 Å². The van der Waals surface area contributed by atoms with Crippen molar-refractivity contribution in [1.82, 2.24) is 19.4 Å². The standard InChI is InChI=1S/C21H26ClN5O2S/c1-25-13-8-23-20(25)30-18-5-4-16(22)14-17(18)24-19(28)15-6-11-27(12-7-15)21(29)26-9-2-3-10-26/h4-5,8,13-15H,2-3,6-7,9-12H2,1H3,(H,24,28). The third kappa shape index (κ3) is 4.75. The van der Waals surface area contributed by atoms with E-state index in [1.165, 1.54) is 11.8 Å². The highest BCUT2D eigenvalue weighted by molar-refractivity contribution is 7.99. The van der Waals surface area contributed by atoms with Crippen molar-refractivity contribution in [2.75, 3.05) is 31.5 Å². The van der Waals surface area contributed by atoms with Gasteiger partial charge in [-0.05, 0) is 55.6 Å². The van der Waals surface area contributed by atoms with E-state index >= 15 is 0 Å². The summed E-state index contributed by atoms with van der Waals surface area (Å²) >= 11 is 7.67. The summed E-state index contributed by atoms with van der Waals surface area (Å²) in [6.07, 6.45) is 7.15. The monoisotopic (exact) mass is 447 g/mol. The fourth-order valence-electron chi connectivity index (χ4n) is 3.91. The van der Waals surface area contributed by atoms with Crippen LogP contribution in [0.2, 0.25) is 5.02 Å². The maximum absolute atomic E-state index is 12.9. The third-order valence-electron chi connectivity index (χ3n) is 5.69. The van der Waals surface area contributed by atoms with Gasteiger partial charge >= 0.3 is 6.03 Å². The Morgan fingerprint density at radius 2 is 1.83 bits per heavy atom. The lowest BCUT2D eigenvalue weighted by atomic mass is 9.96. The second-order valence-electron chi connectivity index (χ2n) is 7.79. The molecule has 3 heterocycles. The molecule has 3 amide bonds. The Hall–Kier alpha value is -2.19. The smallest absolute Gasteiger partial charge is 0.319 e. The van der Waals surface area contributed by atoms with Gasteiger partial charge in [0.25, 0.3) is 0 Å². The fraction of sp³-hybridized carbons (Fsp3) is 0.476. The first-order valence-corrected chi connectivity index (χ1v) is 11.5. The highest BCUT2D eigenvalue weighted by atomic mass is 35.5. The van der Waals surface area contributed by atoms with E-state index < -0.39 is 0 Å². The molecule has 30 heavy (non-hydrogen) atoms. The van der Waals surface area contributed by atoms with Crippen molar-refractivity contribution in [2.45, 2.75) is 35.7 Å². The number of nitrogens with zero attached hydrogens (tertiary/aromatic N) is 4. The Balaban J connectivity index is 1.38. The molecule has 0 bridgehead atoms. The van der Waals surface area contributed by atoms with Gasteiger partial charge in [-0.1, -0.05) is 11.6 Å². The molecule has 1 aromatic heterocycles. The summed E-state index contributed by atoms with van der Waals surface area (Å²) in [7, 11) is 1.93. The van der Waals surface area contributed by atoms with Crippen LogP contribution in [0, 0.1) is 5.92 Å². The van der Waals surface area contributed by atoms with Crippen LogP contribution in [0.25, 0.3) is 0 Å². The number of piperidine rings is 1. The first-order valence-electron chi connectivity index (χ1n) is 10.3. The lowest BCUT2D eigenvalue weighted by molar-refractivity contribution is -0.121. The molecule has 0 spiro atoms. The number of amides is 3. The first kappa shape index (κ1) is 21.1. The number of carbonyl (C=O) groups is 2. The van der Waals surface area contributed by atoms with Gasteiger partial charge in [-0.15, -0.1) is 0 Å². The van der Waals surface area contributed by atoms with Gasteiger partial charge in [0.15, 0.2) is 5.16 Å². The summed E-state index contributed by atoms with van der Waals surface area (Å²) in [6.45, 7) is 2.95. The van der Waals surface area contributed by atoms with Crippen molar-refractivity contribution < 1.29 is 9.59 Å². The highest BCUT2D eigenvalue weighted by Gasteiger charge is 2.30. The minimum Gasteiger partial charge on any atom is -0.329 e. The molecule has 0 aliphatic carbocycles. The van der Waals surface area contributed by atoms with E-state index in [-0.39, 0.29) is 17.9 Å². The molecular formula is C21H26ClN5O2S. The highest BCUT2D eigenvalue weighted by Crippen LogP contribution is 2.35. The Morgan fingerprint density at radius 3 is 2.50 bits per heavy atom. The number of anilines is 1. The number of nitrogens with one attached hydrogen (secondary N) is 1. The molecule has 1 aromatic carbocycles. The number of imidazole rings is 1. The van der Waals surface area contributed by atoms with E-state index in [1.54, 1.807) is 12.3 Å². The van der Waals surface area contributed by atoms with E-state index in [9.17, 15) is 9.59 Å². The fourth-order valence-corrected chi connectivity index (χ4v) is 4.96. The number of urea groups is 1. The number of hydrogen-bond acceptors (Lipinski definition) is 4. The second kappa shape index (κ2) is 9.31. The van der Waals surface area contributed by atoms with Crippen LogP contribution in [0.15, 0.2) is 40.6 Å². The van der Waals surface area contributed by atoms with E-state index in [0.717, 1.165) is 36.0 Å². The molecule has 2 aliphatic rings. The Kier molecular flexibility index (Phi) is 6.53. The molecule has 2 saturated heterocycles. The van der Waals surface area contributed by atoms with Crippen molar-refractivity contribution in [3.05, 3.63) is 35.6 Å². The van der Waals surface area contributed by atoms with Crippen LogP contribution in [-0.2, 0) is 11.8 Å². The molecule has 1 N–H and O–H groups in total. The molecular weight excluding hydrogens is 422 g/mol. The maximum atomic E-state index is 12.9. The van der Waals surface area contributed by atoms with Gasteiger partial charge in [0, 0.05) is 61.5 Å². The minimum absolute atomic E-state index is 0.0211. The summed E-state index contributed by atoms with van der Waals surface area (Å²) in [5, 5.41) is 4.46. The van der Waals surface area contributed by atoms with Crippen molar-refractivity contribution in [2.24, 2.45) is 13.0 Å². The minimum atomic E-state index is -0.113. The molecule has 160 valence electrons. The Morgan fingerprint density at radius 1 is 1.13 bits per heavy atom. The zero-order valence-electron chi connectivity index (χ0n) is 17.0. The molecule has 2 aliphatic heterocycles. The third-order valence-corrected chi connectivity index (χ3v) is 7.08. The molecule has 4 rings (SSSR count). The van der Waals surface area contributed by atoms with Crippen LogP contribution in [0.4, 0.5) is 10.5 Å². The largest absolute Gasteiger partial charge is 0.329 e. The average molecular weight is 448 g/mol. The Labute approximate surface area is 185 Å². The van der Waals surface area contributed by atoms with Crippen LogP contribution in [0.5, 0.6) is 0 Å². The first-order chi connectivity index (χ1) is 14.5. The van der Waals surface area contributed by atoms with E-state index in [0.29, 0.717) is 36.6 Å². The number of aromatic nitrogens is 2. The summed E-state index contributed by atoms with van der Waals surface area (Å²) in [5.41, 5.74) is 0.691. The molecule has 7 nitrogen and oxygen atoms in total. The number of benzene rings is 1. The molecule has 2 aromatic rings. The molecule has 0 unspecified atom stereocenters. The second-order valence-corrected chi connectivity index (χ2v) is 9.24. The normalized spacial score (nSPS) is 17.4. The maximum Gasteiger partial charge on any atom is 0.319 e. The van der Waals surface area contributed by atoms with Gasteiger partial charge in [0.1, 0.15) is 0 Å². The number of halogens is 1. The predicted octanol–water partition coefficient (Wildman–Crippen LogP) is 4.09. The Bertz CT molecular complexity index is 920. The van der Waals surface area contributed by atoms with Gasteiger partial charge in [0.2, 0.25) is 5.91 Å². The lowest BCUT2D eigenvalue weighted by Crippen LogP contribution is -2.47. The van der Waals surface area contributed by atoms with Crippen LogP contribution in [0.1, 0.15) is 25.7 Å². The van der Waals surface area contributed by atoms with Crippen molar-refractivity contribution in [3.8, 4) is 0 Å². The molecule has 0 saturated carbocycles. The van der Waals surface area contributed by atoms with Gasteiger partial charge in [-0.2, -0.15) is 0 Å². The van der Waals surface area contributed by atoms with Gasteiger partial charge in [-0.25, -0.2) is 9.78 Å². The van der Waals surface area contributed by atoms with Crippen LogP contribution < -0.4 is 5.32 Å². The number of likely N-dealkylation sites (tertiary alicyclic amines) is 2. The molecule has 0 atom stereocenters. The van der Waals surface area contributed by atoms with Gasteiger partial charge in [0.05, 0.1) is 5.69 Å². The average Bonchev–Trinajstić information content (AvgIpc) is 3.42. The van der Waals surface area contributed by atoms with Crippen molar-refractivity contribution in [1.29, 1.82) is 0 Å². The zero-order valence-corrected chi connectivity index (χ0v) is 18.6. The quantitative estimate of drug-likeness (QED) is 0.766. The van der Waals surface area contributed by atoms with Crippen molar-refractivity contribution in [3.63, 3.8) is 0 Å². The summed E-state index contributed by atoms with van der Waals surface area (Å²) < 4.78 is 1.93. The number of hydrogen-bond donors (Lipinski definition) is 1. The van der Waals surface area contributed by atoms with E-state index in [2.05, 4.69) is 10.3 Å².